The fourth-order valence-corrected chi connectivity index (χ4v) is 1.85. The third-order valence-electron chi connectivity index (χ3n) is 0.172. The summed E-state index contributed by atoms with van der Waals surface area (Å²) < 4.78 is 56.3. The van der Waals surface area contributed by atoms with Crippen LogP contribution in [0.5, 0.6) is 0 Å². The molecule has 0 aliphatic heterocycles. The number of hydrogen-bond acceptors (Lipinski definition) is 5. The molecule has 0 rings (SSSR count). The number of hydrogen-bond donors (Lipinski definition) is 2. The van der Waals surface area contributed by atoms with Crippen LogP contribution in [0.2, 0.25) is 0 Å². The Bertz CT molecular complexity index is 238. The summed E-state index contributed by atoms with van der Waals surface area (Å²) in [6, 6.07) is 0. The molecule has 0 aromatic heterocycles. The van der Waals surface area contributed by atoms with Crippen LogP contribution in [0, 0.1) is 0 Å². The van der Waals surface area contributed by atoms with Crippen molar-refractivity contribution in [3.8, 4) is 0 Å². The molecule has 0 fully saturated rings. The van der Waals surface area contributed by atoms with Crippen molar-refractivity contribution in [2.24, 2.45) is 0 Å². The van der Waals surface area contributed by atoms with E-state index in [2.05, 4.69) is 2.84 Å². The van der Waals surface area contributed by atoms with E-state index in [4.69, 9.17) is 8.32 Å². The molecule has 0 heterocycles. The summed E-state index contributed by atoms with van der Waals surface area (Å²) in [7, 11) is 0. The van der Waals surface area contributed by atoms with Crippen LogP contribution >= 0.6 is 0 Å². The summed E-state index contributed by atoms with van der Waals surface area (Å²) in [5.41, 5.74) is 0. The zero-order chi connectivity index (χ0) is 7.71. The van der Waals surface area contributed by atoms with Crippen LogP contribution in [0.25, 0.3) is 0 Å². The van der Waals surface area contributed by atoms with Crippen LogP contribution in [0.1, 0.15) is 0 Å². The second-order valence-electron chi connectivity index (χ2n) is 0.924. The molecule has 0 saturated heterocycles. The molecule has 0 aliphatic carbocycles. The standard InChI is InChI=1S/Ba.2Cr.4H2O.5O/h;;;4*1H2;;;;;/q;2*+1;;;;;;;;;/p-2. The average Bonchev–Trinajstić information content (AvgIpc) is 1.14. The Hall–Kier alpha value is 1.64. The van der Waals surface area contributed by atoms with Gasteiger partial charge < -0.3 is 11.0 Å². The first-order chi connectivity index (χ1) is 3.71. The molecular formula is H6BaCr2O9. The average molecular weight is 391 g/mol. The topological polar surface area (TPSA) is 181 Å². The second kappa shape index (κ2) is 7.99. The van der Waals surface area contributed by atoms with Gasteiger partial charge in [0.05, 0.1) is 0 Å². The molecule has 2 radical (unpaired) electrons. The minimum absolute atomic E-state index is 0. The van der Waals surface area contributed by atoms with E-state index >= 15 is 0 Å². The molecular weight excluding hydrogens is 385 g/mol. The summed E-state index contributed by atoms with van der Waals surface area (Å²) in [5.74, 6) is 0. The van der Waals surface area contributed by atoms with Gasteiger partial charge in [-0.25, -0.2) is 0 Å². The summed E-state index contributed by atoms with van der Waals surface area (Å²) in [4.78, 5) is 0. The zero-order valence-corrected chi connectivity index (χ0v) is 12.4. The molecule has 0 spiro atoms. The normalized spacial score (nSPS) is 10.2. The maximum atomic E-state index is 9.53. The molecule has 0 saturated carbocycles. The van der Waals surface area contributed by atoms with Crippen LogP contribution in [-0.2, 0) is 45.3 Å². The first kappa shape index (κ1) is 23.4. The van der Waals surface area contributed by atoms with E-state index in [0.29, 0.717) is 0 Å². The molecule has 0 aliphatic rings. The minimum atomic E-state index is -5.76. The van der Waals surface area contributed by atoms with E-state index < -0.39 is 27.2 Å². The molecule has 0 aromatic rings. The fourth-order valence-electron chi connectivity index (χ4n) is 0.109. The van der Waals surface area contributed by atoms with Gasteiger partial charge in [0, 0.05) is 48.9 Å². The molecule has 74 valence electrons. The van der Waals surface area contributed by atoms with Crippen molar-refractivity contribution in [1.82, 2.24) is 0 Å². The molecule has 9 nitrogen and oxygen atoms in total. The summed E-state index contributed by atoms with van der Waals surface area (Å²) in [5, 5.41) is 0. The monoisotopic (exact) mass is 392 g/mol. The summed E-state index contributed by atoms with van der Waals surface area (Å²) >= 11 is -11.5. The Kier molecular flexibility index (Phi) is 15.6. The van der Waals surface area contributed by atoms with E-state index in [1.165, 1.54) is 0 Å². The molecule has 0 amide bonds. The molecule has 0 aromatic carbocycles. The third kappa shape index (κ3) is 22.6. The van der Waals surface area contributed by atoms with Crippen molar-refractivity contribution in [1.29, 1.82) is 0 Å². The van der Waals surface area contributed by atoms with E-state index in [-0.39, 0.29) is 59.8 Å². The zero-order valence-electron chi connectivity index (χ0n) is 5.46. The van der Waals surface area contributed by atoms with Gasteiger partial charge in [-0.2, -0.15) is 0 Å². The van der Waals surface area contributed by atoms with Gasteiger partial charge in [-0.1, -0.05) is 0 Å². The van der Waals surface area contributed by atoms with Crippen LogP contribution in [0.15, 0.2) is 0 Å². The Balaban J connectivity index is -0.000000107. The van der Waals surface area contributed by atoms with Gasteiger partial charge in [0.2, 0.25) is 0 Å². The van der Waals surface area contributed by atoms with E-state index in [1.54, 1.807) is 0 Å². The molecule has 12 heteroatoms. The van der Waals surface area contributed by atoms with Crippen LogP contribution in [0.3, 0.4) is 0 Å². The van der Waals surface area contributed by atoms with Gasteiger partial charge in [-0.15, -0.1) is 0 Å². The SMILES string of the molecule is O.O.[Ba].[O]=[Cr](=[O])([OH])[O][Cr](=[O])(=[O])[OH]. The van der Waals surface area contributed by atoms with Gasteiger partial charge in [-0.05, 0) is 0 Å². The molecule has 0 unspecified atom stereocenters. The van der Waals surface area contributed by atoms with Gasteiger partial charge in [0.15, 0.2) is 0 Å². The Morgan fingerprint density at radius 1 is 0.833 bits per heavy atom. The third-order valence-corrected chi connectivity index (χ3v) is 2.92. The first-order valence-corrected chi connectivity index (χ1v) is 5.63. The van der Waals surface area contributed by atoms with Crippen molar-refractivity contribution in [2.45, 2.75) is 0 Å². The molecule has 0 bridgehead atoms. The van der Waals surface area contributed by atoms with Gasteiger partial charge in [-0.3, -0.25) is 0 Å². The fraction of sp³-hybridized carbons (Fsp3) is 0. The predicted molar refractivity (Wildman–Crippen MR) is 21.3 cm³/mol. The summed E-state index contributed by atoms with van der Waals surface area (Å²) in [6.45, 7) is 0. The maximum absolute atomic E-state index is 9.53. The van der Waals surface area contributed by atoms with Crippen LogP contribution in [-0.4, -0.2) is 68.1 Å². The van der Waals surface area contributed by atoms with E-state index in [1.807, 2.05) is 0 Å². The van der Waals surface area contributed by atoms with Gasteiger partial charge in [0.1, 0.15) is 0 Å². The van der Waals surface area contributed by atoms with Crippen molar-refractivity contribution in [3.05, 3.63) is 0 Å². The van der Waals surface area contributed by atoms with Gasteiger partial charge >= 0.3 is 53.6 Å². The second-order valence-corrected chi connectivity index (χ2v) is 4.68. The Labute approximate surface area is 112 Å². The quantitative estimate of drug-likeness (QED) is 0.454. The Morgan fingerprint density at radius 3 is 1.00 bits per heavy atom. The predicted octanol–water partition coefficient (Wildman–Crippen LogP) is -3.69. The molecule has 0 atom stereocenters. The van der Waals surface area contributed by atoms with E-state index in [0.717, 1.165) is 0 Å². The van der Waals surface area contributed by atoms with Crippen molar-refractivity contribution in [2.75, 3.05) is 0 Å². The summed E-state index contributed by atoms with van der Waals surface area (Å²) in [6.07, 6.45) is 0. The molecule has 12 heavy (non-hydrogen) atoms. The van der Waals surface area contributed by atoms with Gasteiger partial charge in [0.25, 0.3) is 0 Å². The van der Waals surface area contributed by atoms with Crippen LogP contribution < -0.4 is 0 Å². The molecule has 6 N–H and O–H groups in total. The van der Waals surface area contributed by atoms with Crippen molar-refractivity contribution >= 4 is 48.9 Å². The Morgan fingerprint density at radius 2 is 1.00 bits per heavy atom. The van der Waals surface area contributed by atoms with E-state index in [9.17, 15) is 15.2 Å². The number of rotatable bonds is 2. The van der Waals surface area contributed by atoms with Crippen molar-refractivity contribution < 1.29 is 64.5 Å². The first-order valence-electron chi connectivity index (χ1n) is 1.37. The van der Waals surface area contributed by atoms with Crippen molar-refractivity contribution in [3.63, 3.8) is 0 Å². The van der Waals surface area contributed by atoms with Crippen LogP contribution in [0.4, 0.5) is 0 Å².